The van der Waals surface area contributed by atoms with Crippen LogP contribution in [0.1, 0.15) is 54.4 Å². The zero-order valence-electron chi connectivity index (χ0n) is 19.3. The summed E-state index contributed by atoms with van der Waals surface area (Å²) in [5.74, 6) is 2.29. The average Bonchev–Trinajstić information content (AvgIpc) is 2.74. The van der Waals surface area contributed by atoms with E-state index in [4.69, 9.17) is 9.97 Å². The maximum absolute atomic E-state index is 12.3. The highest BCUT2D eigenvalue weighted by Gasteiger charge is 2.26. The number of nitrogens with zero attached hydrogens (tertiary/aromatic N) is 5. The van der Waals surface area contributed by atoms with Gasteiger partial charge in [-0.05, 0) is 25.8 Å². The largest absolute Gasteiger partial charge is 0.353 e. The van der Waals surface area contributed by atoms with Crippen molar-refractivity contribution in [1.29, 1.82) is 0 Å². The van der Waals surface area contributed by atoms with Crippen molar-refractivity contribution >= 4 is 11.8 Å². The van der Waals surface area contributed by atoms with E-state index in [1.807, 2.05) is 4.90 Å². The lowest BCUT2D eigenvalue weighted by Crippen LogP contribution is -2.52. The summed E-state index contributed by atoms with van der Waals surface area (Å²) in [4.78, 5) is 28.2. The van der Waals surface area contributed by atoms with Gasteiger partial charge in [-0.3, -0.25) is 0 Å². The van der Waals surface area contributed by atoms with Gasteiger partial charge in [0.25, 0.3) is 0 Å². The van der Waals surface area contributed by atoms with E-state index in [0.717, 1.165) is 43.3 Å². The first-order chi connectivity index (χ1) is 14.3. The lowest BCUT2D eigenvalue weighted by Gasteiger charge is -2.37. The van der Waals surface area contributed by atoms with Crippen molar-refractivity contribution in [1.82, 2.24) is 19.8 Å². The van der Waals surface area contributed by atoms with Gasteiger partial charge in [0.2, 0.25) is 0 Å². The van der Waals surface area contributed by atoms with Gasteiger partial charge in [0.05, 0.1) is 0 Å². The van der Waals surface area contributed by atoms with Crippen molar-refractivity contribution in [3.05, 3.63) is 52.5 Å². The molecule has 0 bridgehead atoms. The normalized spacial score (nSPS) is 15.3. The van der Waals surface area contributed by atoms with E-state index in [0.29, 0.717) is 19.0 Å². The molecule has 30 heavy (non-hydrogen) atoms. The van der Waals surface area contributed by atoms with Crippen LogP contribution >= 0.6 is 0 Å². The third-order valence-corrected chi connectivity index (χ3v) is 5.96. The van der Waals surface area contributed by atoms with Crippen molar-refractivity contribution in [3.8, 4) is 0 Å². The van der Waals surface area contributed by atoms with E-state index >= 15 is 0 Å². The molecule has 2 amide bonds. The number of aromatic nitrogens is 2. The van der Waals surface area contributed by atoms with Gasteiger partial charge in [0, 0.05) is 63.9 Å². The molecule has 1 aliphatic rings. The van der Waals surface area contributed by atoms with Crippen molar-refractivity contribution in [2.24, 2.45) is 0 Å². The number of aryl methyl sites for hydroxylation is 2. The van der Waals surface area contributed by atoms with E-state index in [2.05, 4.69) is 56.9 Å². The fourth-order valence-corrected chi connectivity index (χ4v) is 3.89. The van der Waals surface area contributed by atoms with Crippen LogP contribution in [0, 0.1) is 13.8 Å². The molecule has 3 rings (SSSR count). The van der Waals surface area contributed by atoms with E-state index in [1.165, 1.54) is 16.7 Å². The van der Waals surface area contributed by atoms with Crippen molar-refractivity contribution in [2.75, 3.05) is 45.2 Å². The molecule has 0 aliphatic carbocycles. The van der Waals surface area contributed by atoms with Gasteiger partial charge in [0.15, 0.2) is 0 Å². The number of carbonyl (C=O) groups is 1. The summed E-state index contributed by atoms with van der Waals surface area (Å²) in [6.07, 6.45) is 1.84. The molecule has 2 heterocycles. The van der Waals surface area contributed by atoms with Gasteiger partial charge in [0.1, 0.15) is 11.6 Å². The number of anilines is 1. The fourth-order valence-electron chi connectivity index (χ4n) is 3.89. The Hall–Kier alpha value is -2.63. The van der Waals surface area contributed by atoms with Crippen LogP contribution < -0.4 is 4.90 Å². The minimum atomic E-state index is 0.0776. The van der Waals surface area contributed by atoms with Crippen LogP contribution in [0.25, 0.3) is 0 Å². The molecule has 2 aromatic rings. The molecule has 1 aromatic heterocycles. The Bertz CT molecular complexity index is 887. The summed E-state index contributed by atoms with van der Waals surface area (Å²) in [5.41, 5.74) is 4.80. The van der Waals surface area contributed by atoms with Crippen LogP contribution in [0.15, 0.2) is 24.3 Å². The van der Waals surface area contributed by atoms with Gasteiger partial charge in [-0.1, -0.05) is 43.7 Å². The Morgan fingerprint density at radius 1 is 1.13 bits per heavy atom. The maximum atomic E-state index is 12.3. The predicted octanol–water partition coefficient (Wildman–Crippen LogP) is 4.00. The van der Waals surface area contributed by atoms with Crippen LogP contribution in [-0.2, 0) is 6.42 Å². The zero-order chi connectivity index (χ0) is 21.8. The van der Waals surface area contributed by atoms with E-state index in [1.54, 1.807) is 19.0 Å². The quantitative estimate of drug-likeness (QED) is 0.749. The zero-order valence-corrected chi connectivity index (χ0v) is 19.3. The monoisotopic (exact) mass is 409 g/mol. The van der Waals surface area contributed by atoms with Gasteiger partial charge in [-0.2, -0.15) is 0 Å². The molecule has 1 aliphatic heterocycles. The maximum Gasteiger partial charge on any atom is 0.319 e. The first-order valence-electron chi connectivity index (χ1n) is 10.9. The van der Waals surface area contributed by atoms with Crippen molar-refractivity contribution in [3.63, 3.8) is 0 Å². The smallest absolute Gasteiger partial charge is 0.319 e. The minimum absolute atomic E-state index is 0.0776. The molecule has 6 heteroatoms. The first kappa shape index (κ1) is 22.1. The first-order valence-corrected chi connectivity index (χ1v) is 10.9. The Morgan fingerprint density at radius 3 is 2.43 bits per heavy atom. The molecule has 1 aromatic carbocycles. The number of benzene rings is 1. The van der Waals surface area contributed by atoms with Gasteiger partial charge in [-0.25, -0.2) is 14.8 Å². The number of amides is 2. The second-order valence-electron chi connectivity index (χ2n) is 8.60. The fraction of sp³-hybridized carbons (Fsp3) is 0.542. The number of urea groups is 1. The highest BCUT2D eigenvalue weighted by atomic mass is 16.2. The summed E-state index contributed by atoms with van der Waals surface area (Å²) in [6, 6.07) is 8.72. The summed E-state index contributed by atoms with van der Waals surface area (Å²) in [5, 5.41) is 0. The molecule has 0 N–H and O–H groups in total. The molecule has 1 atom stereocenters. The molecule has 0 unspecified atom stereocenters. The highest BCUT2D eigenvalue weighted by molar-refractivity contribution is 5.74. The number of hydrogen-bond acceptors (Lipinski definition) is 4. The standard InChI is InChI=1S/C24H35N5O/c1-7-18(3)22-25-19(4)21(16-20-10-8-9-17(2)15-20)23(26-22)28-11-13-29(14-12-28)24(30)27(5)6/h8-10,15,18H,7,11-14,16H2,1-6H3/t18-/m1/s1. The van der Waals surface area contributed by atoms with Crippen LogP contribution in [0.4, 0.5) is 10.6 Å². The molecule has 0 spiro atoms. The van der Waals surface area contributed by atoms with E-state index in [-0.39, 0.29) is 6.03 Å². The molecular weight excluding hydrogens is 374 g/mol. The van der Waals surface area contributed by atoms with Crippen LogP contribution in [0.3, 0.4) is 0 Å². The van der Waals surface area contributed by atoms with Crippen LogP contribution in [0.5, 0.6) is 0 Å². The van der Waals surface area contributed by atoms with Crippen molar-refractivity contribution < 1.29 is 4.79 Å². The number of piperazine rings is 1. The predicted molar refractivity (Wildman–Crippen MR) is 122 cm³/mol. The number of carbonyl (C=O) groups excluding carboxylic acids is 1. The third kappa shape index (κ3) is 4.91. The topological polar surface area (TPSA) is 52.6 Å². The Kier molecular flexibility index (Phi) is 6.95. The average molecular weight is 410 g/mol. The molecule has 162 valence electrons. The van der Waals surface area contributed by atoms with Crippen molar-refractivity contribution in [2.45, 2.75) is 46.5 Å². The van der Waals surface area contributed by atoms with Gasteiger partial charge in [-0.15, -0.1) is 0 Å². The summed E-state index contributed by atoms with van der Waals surface area (Å²) < 4.78 is 0. The van der Waals surface area contributed by atoms with Gasteiger partial charge >= 0.3 is 6.03 Å². The molecule has 1 fully saturated rings. The molecule has 0 saturated carbocycles. The summed E-state index contributed by atoms with van der Waals surface area (Å²) >= 11 is 0. The van der Waals surface area contributed by atoms with Crippen LogP contribution in [-0.4, -0.2) is 66.1 Å². The highest BCUT2D eigenvalue weighted by Crippen LogP contribution is 2.28. The lowest BCUT2D eigenvalue weighted by atomic mass is 10.0. The third-order valence-electron chi connectivity index (χ3n) is 5.96. The minimum Gasteiger partial charge on any atom is -0.353 e. The Balaban J connectivity index is 1.92. The second kappa shape index (κ2) is 9.45. The van der Waals surface area contributed by atoms with E-state index < -0.39 is 0 Å². The SMILES string of the molecule is CC[C@@H](C)c1nc(C)c(Cc2cccc(C)c2)c(N2CCN(C(=O)N(C)C)CC2)n1. The second-order valence-corrected chi connectivity index (χ2v) is 8.60. The number of hydrogen-bond donors (Lipinski definition) is 0. The molecular formula is C24H35N5O. The molecule has 1 saturated heterocycles. The molecule has 6 nitrogen and oxygen atoms in total. The number of rotatable bonds is 5. The Morgan fingerprint density at radius 2 is 1.83 bits per heavy atom. The summed E-state index contributed by atoms with van der Waals surface area (Å²) in [7, 11) is 3.61. The van der Waals surface area contributed by atoms with Gasteiger partial charge < -0.3 is 14.7 Å². The Labute approximate surface area is 180 Å². The summed E-state index contributed by atoms with van der Waals surface area (Å²) in [6.45, 7) is 11.6. The molecule has 0 radical (unpaired) electrons. The van der Waals surface area contributed by atoms with E-state index in [9.17, 15) is 4.79 Å². The lowest BCUT2D eigenvalue weighted by molar-refractivity contribution is 0.168. The van der Waals surface area contributed by atoms with Crippen LogP contribution in [0.2, 0.25) is 0 Å².